The summed E-state index contributed by atoms with van der Waals surface area (Å²) in [6, 6.07) is 5.49. The van der Waals surface area contributed by atoms with Gasteiger partial charge in [0.15, 0.2) is 5.16 Å². The number of benzene rings is 1. The monoisotopic (exact) mass is 344 g/mol. The molecule has 0 atom stereocenters. The Balaban J connectivity index is 1.89. The van der Waals surface area contributed by atoms with Gasteiger partial charge in [-0.2, -0.15) is 5.10 Å². The van der Waals surface area contributed by atoms with Crippen LogP contribution in [-0.4, -0.2) is 32.9 Å². The lowest BCUT2D eigenvalue weighted by Crippen LogP contribution is -2.19. The molecular formula is C17H20N4O2S. The van der Waals surface area contributed by atoms with E-state index in [9.17, 15) is 9.90 Å². The molecule has 6 nitrogen and oxygen atoms in total. The molecule has 0 aliphatic carbocycles. The van der Waals surface area contributed by atoms with Gasteiger partial charge in [-0.25, -0.2) is 15.4 Å². The quantitative estimate of drug-likeness (QED) is 0.377. The Morgan fingerprint density at radius 2 is 1.75 bits per heavy atom. The number of aromatic hydroxyl groups is 1. The third-order valence-electron chi connectivity index (χ3n) is 3.21. The number of aromatic nitrogens is 2. The van der Waals surface area contributed by atoms with Crippen molar-refractivity contribution in [1.82, 2.24) is 15.4 Å². The zero-order valence-electron chi connectivity index (χ0n) is 14.1. The first-order valence-electron chi connectivity index (χ1n) is 7.42. The average molecular weight is 344 g/mol. The lowest BCUT2D eigenvalue weighted by molar-refractivity contribution is -0.118. The minimum absolute atomic E-state index is 0.188. The van der Waals surface area contributed by atoms with Crippen molar-refractivity contribution in [2.24, 2.45) is 5.10 Å². The first-order valence-corrected chi connectivity index (χ1v) is 8.41. The van der Waals surface area contributed by atoms with E-state index in [1.807, 2.05) is 33.8 Å². The molecule has 0 radical (unpaired) electrons. The lowest BCUT2D eigenvalue weighted by Gasteiger charge is -2.04. The van der Waals surface area contributed by atoms with Gasteiger partial charge in [0.2, 0.25) is 0 Å². The number of hydrogen-bond acceptors (Lipinski definition) is 6. The second-order valence-electron chi connectivity index (χ2n) is 5.52. The predicted octanol–water partition coefficient (Wildman–Crippen LogP) is 2.66. The molecule has 0 spiro atoms. The number of phenols is 1. The molecule has 0 bridgehead atoms. The van der Waals surface area contributed by atoms with Crippen LogP contribution in [0.1, 0.15) is 28.1 Å². The maximum Gasteiger partial charge on any atom is 0.250 e. The Morgan fingerprint density at radius 3 is 2.33 bits per heavy atom. The fourth-order valence-electron chi connectivity index (χ4n) is 2.16. The van der Waals surface area contributed by atoms with Crippen molar-refractivity contribution in [2.75, 3.05) is 5.75 Å². The van der Waals surface area contributed by atoms with Gasteiger partial charge in [-0.3, -0.25) is 4.79 Å². The standard InChI is InChI=1S/C17H20N4O2S/c1-10-5-14(6-11(2)16(10)23)8-18-21-15(22)9-24-17-19-12(3)7-13(4)20-17/h5-8,23H,9H2,1-4H3,(H,21,22)/b18-8+. The highest BCUT2D eigenvalue weighted by Crippen LogP contribution is 2.22. The number of thioether (sulfide) groups is 1. The summed E-state index contributed by atoms with van der Waals surface area (Å²) in [5.74, 6) is 0.237. The molecule has 2 N–H and O–H groups in total. The van der Waals surface area contributed by atoms with E-state index in [-0.39, 0.29) is 17.4 Å². The predicted molar refractivity (Wildman–Crippen MR) is 95.5 cm³/mol. The molecule has 1 aromatic heterocycles. The van der Waals surface area contributed by atoms with Gasteiger partial charge >= 0.3 is 0 Å². The van der Waals surface area contributed by atoms with Gasteiger partial charge in [0.1, 0.15) is 5.75 Å². The first-order chi connectivity index (χ1) is 11.3. The molecule has 0 unspecified atom stereocenters. The van der Waals surface area contributed by atoms with Gasteiger partial charge in [-0.05, 0) is 62.6 Å². The largest absolute Gasteiger partial charge is 0.507 e. The van der Waals surface area contributed by atoms with Gasteiger partial charge in [0.25, 0.3) is 5.91 Å². The topological polar surface area (TPSA) is 87.5 Å². The minimum atomic E-state index is -0.230. The number of nitrogens with zero attached hydrogens (tertiary/aromatic N) is 3. The molecule has 126 valence electrons. The van der Waals surface area contributed by atoms with Crippen LogP contribution in [0.2, 0.25) is 0 Å². The number of amides is 1. The smallest absolute Gasteiger partial charge is 0.250 e. The van der Waals surface area contributed by atoms with Crippen LogP contribution in [0.3, 0.4) is 0 Å². The van der Waals surface area contributed by atoms with Crippen LogP contribution in [0.15, 0.2) is 28.5 Å². The van der Waals surface area contributed by atoms with E-state index in [0.717, 1.165) is 28.1 Å². The van der Waals surface area contributed by atoms with Crippen molar-refractivity contribution in [2.45, 2.75) is 32.9 Å². The normalized spacial score (nSPS) is 11.0. The van der Waals surface area contributed by atoms with Crippen molar-refractivity contribution in [3.8, 4) is 5.75 Å². The van der Waals surface area contributed by atoms with E-state index in [1.165, 1.54) is 11.8 Å². The van der Waals surface area contributed by atoms with E-state index < -0.39 is 0 Å². The van der Waals surface area contributed by atoms with Crippen molar-refractivity contribution in [1.29, 1.82) is 0 Å². The molecule has 7 heteroatoms. The average Bonchev–Trinajstić information content (AvgIpc) is 2.49. The lowest BCUT2D eigenvalue weighted by atomic mass is 10.1. The maximum atomic E-state index is 11.8. The Kier molecular flexibility index (Phi) is 5.92. The minimum Gasteiger partial charge on any atom is -0.507 e. The van der Waals surface area contributed by atoms with Crippen molar-refractivity contribution < 1.29 is 9.90 Å². The molecule has 0 saturated heterocycles. The molecule has 24 heavy (non-hydrogen) atoms. The second kappa shape index (κ2) is 7.92. The van der Waals surface area contributed by atoms with Gasteiger partial charge in [-0.15, -0.1) is 0 Å². The van der Waals surface area contributed by atoms with Crippen molar-refractivity contribution in [3.05, 3.63) is 46.3 Å². The van der Waals surface area contributed by atoms with Crippen LogP contribution in [0, 0.1) is 27.7 Å². The fraction of sp³-hybridized carbons (Fsp3) is 0.294. The molecule has 0 saturated carbocycles. The molecule has 2 rings (SSSR count). The van der Waals surface area contributed by atoms with Crippen LogP contribution in [0.5, 0.6) is 5.75 Å². The molecule has 2 aromatic rings. The summed E-state index contributed by atoms with van der Waals surface area (Å²) < 4.78 is 0. The SMILES string of the molecule is Cc1cc(C)nc(SCC(=O)N/N=C/c2cc(C)c(O)c(C)c2)n1. The Labute approximate surface area is 145 Å². The zero-order chi connectivity index (χ0) is 17.7. The molecule has 0 fully saturated rings. The molecular weight excluding hydrogens is 324 g/mol. The summed E-state index contributed by atoms with van der Waals surface area (Å²) in [6.07, 6.45) is 1.55. The number of nitrogens with one attached hydrogen (secondary N) is 1. The highest BCUT2D eigenvalue weighted by molar-refractivity contribution is 7.99. The summed E-state index contributed by atoms with van der Waals surface area (Å²) in [5.41, 5.74) is 6.58. The number of carbonyl (C=O) groups is 1. The molecule has 0 aliphatic rings. The summed E-state index contributed by atoms with van der Waals surface area (Å²) in [5, 5.41) is 14.3. The van der Waals surface area contributed by atoms with Crippen LogP contribution in [-0.2, 0) is 4.79 Å². The fourth-order valence-corrected chi connectivity index (χ4v) is 2.91. The Hall–Kier alpha value is -2.41. The van der Waals surface area contributed by atoms with E-state index in [4.69, 9.17) is 0 Å². The van der Waals surface area contributed by atoms with Gasteiger partial charge in [-0.1, -0.05) is 11.8 Å². The number of aryl methyl sites for hydroxylation is 4. The van der Waals surface area contributed by atoms with Crippen LogP contribution >= 0.6 is 11.8 Å². The highest BCUT2D eigenvalue weighted by atomic mass is 32.2. The summed E-state index contributed by atoms with van der Waals surface area (Å²) >= 11 is 1.27. The number of phenolic OH excluding ortho intramolecular Hbond substituents is 1. The number of hydrogen-bond donors (Lipinski definition) is 2. The van der Waals surface area contributed by atoms with E-state index in [0.29, 0.717) is 5.16 Å². The van der Waals surface area contributed by atoms with Gasteiger partial charge < -0.3 is 5.11 Å². The second-order valence-corrected chi connectivity index (χ2v) is 6.46. The van der Waals surface area contributed by atoms with Crippen LogP contribution in [0.4, 0.5) is 0 Å². The molecule has 1 aromatic carbocycles. The van der Waals surface area contributed by atoms with E-state index in [1.54, 1.807) is 18.3 Å². The van der Waals surface area contributed by atoms with E-state index in [2.05, 4.69) is 20.5 Å². The van der Waals surface area contributed by atoms with Crippen LogP contribution < -0.4 is 5.43 Å². The third-order valence-corrected chi connectivity index (χ3v) is 4.06. The summed E-state index contributed by atoms with van der Waals surface area (Å²) in [6.45, 7) is 7.42. The molecule has 1 heterocycles. The van der Waals surface area contributed by atoms with E-state index >= 15 is 0 Å². The molecule has 1 amide bonds. The Bertz CT molecular complexity index is 747. The summed E-state index contributed by atoms with van der Waals surface area (Å²) in [4.78, 5) is 20.4. The third kappa shape index (κ3) is 5.06. The summed E-state index contributed by atoms with van der Waals surface area (Å²) in [7, 11) is 0. The first kappa shape index (κ1) is 17.9. The number of hydrazone groups is 1. The highest BCUT2D eigenvalue weighted by Gasteiger charge is 2.06. The number of rotatable bonds is 5. The van der Waals surface area contributed by atoms with Crippen LogP contribution in [0.25, 0.3) is 0 Å². The Morgan fingerprint density at radius 1 is 1.17 bits per heavy atom. The molecule has 0 aliphatic heterocycles. The van der Waals surface area contributed by atoms with Gasteiger partial charge in [0, 0.05) is 11.4 Å². The zero-order valence-corrected chi connectivity index (χ0v) is 14.9. The van der Waals surface area contributed by atoms with Crippen molar-refractivity contribution in [3.63, 3.8) is 0 Å². The number of carbonyl (C=O) groups excluding carboxylic acids is 1. The van der Waals surface area contributed by atoms with Crippen molar-refractivity contribution >= 4 is 23.9 Å². The van der Waals surface area contributed by atoms with Gasteiger partial charge in [0.05, 0.1) is 12.0 Å². The maximum absolute atomic E-state index is 11.8.